The number of benzene rings is 1. The van der Waals surface area contributed by atoms with Crippen molar-refractivity contribution in [3.8, 4) is 0 Å². The van der Waals surface area contributed by atoms with E-state index in [9.17, 15) is 9.59 Å². The van der Waals surface area contributed by atoms with Crippen LogP contribution in [0.2, 0.25) is 5.02 Å². The molecule has 2 rings (SSSR count). The molecule has 0 radical (unpaired) electrons. The van der Waals surface area contributed by atoms with E-state index in [-0.39, 0.29) is 24.4 Å². The molecule has 1 aromatic rings. The fourth-order valence-electron chi connectivity index (χ4n) is 2.49. The van der Waals surface area contributed by atoms with Crippen LogP contribution in [0.15, 0.2) is 18.2 Å². The lowest BCUT2D eigenvalue weighted by molar-refractivity contribution is -0.132. The van der Waals surface area contributed by atoms with Crippen LogP contribution in [0.3, 0.4) is 0 Å². The molecule has 1 aromatic carbocycles. The maximum atomic E-state index is 12.0. The van der Waals surface area contributed by atoms with E-state index in [0.717, 1.165) is 11.3 Å². The number of nitrogens with zero attached hydrogens (tertiary/aromatic N) is 1. The van der Waals surface area contributed by atoms with Crippen LogP contribution in [0.4, 0.5) is 5.69 Å². The molecule has 2 amide bonds. The molecule has 1 saturated heterocycles. The molecule has 1 atom stereocenters. The summed E-state index contributed by atoms with van der Waals surface area (Å²) in [6.45, 7) is 2.67. The van der Waals surface area contributed by atoms with E-state index in [1.807, 2.05) is 37.1 Å². The molecular formula is C14H18ClN3O2. The minimum Gasteiger partial charge on any atom is -0.350 e. The first-order valence-corrected chi connectivity index (χ1v) is 6.98. The van der Waals surface area contributed by atoms with Crippen molar-refractivity contribution < 1.29 is 9.59 Å². The quantitative estimate of drug-likeness (QED) is 0.822. The van der Waals surface area contributed by atoms with Gasteiger partial charge in [-0.25, -0.2) is 0 Å². The van der Waals surface area contributed by atoms with E-state index in [1.165, 1.54) is 0 Å². The third-order valence-corrected chi connectivity index (χ3v) is 3.75. The van der Waals surface area contributed by atoms with Gasteiger partial charge in [0.25, 0.3) is 0 Å². The third-order valence-electron chi connectivity index (χ3n) is 3.40. The van der Waals surface area contributed by atoms with E-state index in [0.29, 0.717) is 18.0 Å². The number of hydrogen-bond donors (Lipinski definition) is 2. The average Bonchev–Trinajstić information content (AvgIpc) is 2.40. The Balaban J connectivity index is 2.44. The molecular weight excluding hydrogens is 278 g/mol. The Morgan fingerprint density at radius 2 is 2.20 bits per heavy atom. The summed E-state index contributed by atoms with van der Waals surface area (Å²) in [6.07, 6.45) is 0.630. The summed E-state index contributed by atoms with van der Waals surface area (Å²) in [4.78, 5) is 25.4. The molecule has 0 aliphatic carbocycles. The van der Waals surface area contributed by atoms with Crippen molar-refractivity contribution in [2.24, 2.45) is 0 Å². The highest BCUT2D eigenvalue weighted by Gasteiger charge is 2.33. The van der Waals surface area contributed by atoms with Gasteiger partial charge < -0.3 is 10.2 Å². The molecule has 1 aliphatic rings. The van der Waals surface area contributed by atoms with Gasteiger partial charge in [0.05, 0.1) is 6.54 Å². The van der Waals surface area contributed by atoms with Crippen molar-refractivity contribution in [2.75, 3.05) is 18.5 Å². The van der Waals surface area contributed by atoms with E-state index >= 15 is 0 Å². The Morgan fingerprint density at radius 3 is 2.85 bits per heavy atom. The van der Waals surface area contributed by atoms with Crippen LogP contribution in [-0.2, 0) is 16.1 Å². The van der Waals surface area contributed by atoms with Crippen LogP contribution < -0.4 is 15.5 Å². The zero-order valence-electron chi connectivity index (χ0n) is 11.6. The van der Waals surface area contributed by atoms with Gasteiger partial charge in [0.2, 0.25) is 11.8 Å². The summed E-state index contributed by atoms with van der Waals surface area (Å²) in [6, 6.07) is 5.19. The van der Waals surface area contributed by atoms with Gasteiger partial charge in [0, 0.05) is 22.8 Å². The summed E-state index contributed by atoms with van der Waals surface area (Å²) in [5.74, 6) is -0.533. The maximum absolute atomic E-state index is 12.0. The lowest BCUT2D eigenvalue weighted by Crippen LogP contribution is -2.58. The number of nitrogens with one attached hydrogen (secondary N) is 2. The van der Waals surface area contributed by atoms with Crippen molar-refractivity contribution in [3.05, 3.63) is 28.8 Å². The monoisotopic (exact) mass is 295 g/mol. The number of carbonyl (C=O) groups is 2. The first-order valence-electron chi connectivity index (χ1n) is 6.60. The fraction of sp³-hybridized carbons (Fsp3) is 0.429. The summed E-state index contributed by atoms with van der Waals surface area (Å²) in [7, 11) is 1.83. The summed E-state index contributed by atoms with van der Waals surface area (Å²) in [5.41, 5.74) is 1.74. The molecule has 1 heterocycles. The first-order chi connectivity index (χ1) is 9.58. The maximum Gasteiger partial charge on any atom is 0.249 e. The van der Waals surface area contributed by atoms with Crippen molar-refractivity contribution in [3.63, 3.8) is 0 Å². The van der Waals surface area contributed by atoms with Crippen LogP contribution in [0.25, 0.3) is 0 Å². The lowest BCUT2D eigenvalue weighted by Gasteiger charge is -2.36. The highest BCUT2D eigenvalue weighted by molar-refractivity contribution is 6.31. The number of hydrogen-bond acceptors (Lipinski definition) is 4. The number of anilines is 1. The SMILES string of the molecule is CCC1C(=O)NC(=O)CN1c1cccc(Cl)c1CNC. The molecule has 20 heavy (non-hydrogen) atoms. The highest BCUT2D eigenvalue weighted by atomic mass is 35.5. The summed E-state index contributed by atoms with van der Waals surface area (Å²) < 4.78 is 0. The number of halogens is 1. The Morgan fingerprint density at radius 1 is 1.45 bits per heavy atom. The largest absolute Gasteiger partial charge is 0.350 e. The first kappa shape index (κ1) is 14.8. The standard InChI is InChI=1S/C14H18ClN3O2/c1-3-11-14(20)17-13(19)8-18(11)12-6-4-5-10(15)9(12)7-16-2/h4-6,11,16H,3,7-8H2,1-2H3,(H,17,19,20). The second kappa shape index (κ2) is 6.24. The Labute approximate surface area is 123 Å². The second-order valence-electron chi connectivity index (χ2n) is 4.73. The molecule has 2 N–H and O–H groups in total. The zero-order chi connectivity index (χ0) is 14.7. The summed E-state index contributed by atoms with van der Waals surface area (Å²) in [5, 5.41) is 6.07. The van der Waals surface area contributed by atoms with Gasteiger partial charge in [-0.05, 0) is 25.6 Å². The topological polar surface area (TPSA) is 61.4 Å². The van der Waals surface area contributed by atoms with E-state index < -0.39 is 0 Å². The molecule has 1 fully saturated rings. The summed E-state index contributed by atoms with van der Waals surface area (Å²) >= 11 is 6.24. The normalized spacial score (nSPS) is 19.1. The van der Waals surface area contributed by atoms with Crippen LogP contribution in [-0.4, -0.2) is 31.4 Å². The van der Waals surface area contributed by atoms with Crippen molar-refractivity contribution >= 4 is 29.1 Å². The molecule has 1 aliphatic heterocycles. The third kappa shape index (κ3) is 2.78. The molecule has 0 bridgehead atoms. The second-order valence-corrected chi connectivity index (χ2v) is 5.14. The molecule has 6 heteroatoms. The van der Waals surface area contributed by atoms with E-state index in [4.69, 9.17) is 11.6 Å². The number of imide groups is 1. The Bertz CT molecular complexity index is 533. The molecule has 108 valence electrons. The number of amides is 2. The van der Waals surface area contributed by atoms with Crippen LogP contribution in [0.5, 0.6) is 0 Å². The molecule has 5 nitrogen and oxygen atoms in total. The van der Waals surface area contributed by atoms with Crippen LogP contribution in [0.1, 0.15) is 18.9 Å². The smallest absolute Gasteiger partial charge is 0.249 e. The Kier molecular flexibility index (Phi) is 4.62. The predicted molar refractivity (Wildman–Crippen MR) is 78.8 cm³/mol. The van der Waals surface area contributed by atoms with Gasteiger partial charge in [0.15, 0.2) is 0 Å². The van der Waals surface area contributed by atoms with Gasteiger partial charge in [-0.2, -0.15) is 0 Å². The molecule has 1 unspecified atom stereocenters. The van der Waals surface area contributed by atoms with Gasteiger partial charge >= 0.3 is 0 Å². The predicted octanol–water partition coefficient (Wildman–Crippen LogP) is 1.30. The van der Waals surface area contributed by atoms with Gasteiger partial charge in [0.1, 0.15) is 6.04 Å². The zero-order valence-corrected chi connectivity index (χ0v) is 12.3. The highest BCUT2D eigenvalue weighted by Crippen LogP contribution is 2.30. The average molecular weight is 296 g/mol. The Hall–Kier alpha value is -1.59. The van der Waals surface area contributed by atoms with Crippen LogP contribution in [0, 0.1) is 0 Å². The van der Waals surface area contributed by atoms with E-state index in [2.05, 4.69) is 10.6 Å². The van der Waals surface area contributed by atoms with Crippen LogP contribution >= 0.6 is 11.6 Å². The van der Waals surface area contributed by atoms with Gasteiger partial charge in [-0.3, -0.25) is 14.9 Å². The fourth-order valence-corrected chi connectivity index (χ4v) is 2.73. The minimum atomic E-state index is -0.346. The van der Waals surface area contributed by atoms with Crippen molar-refractivity contribution in [1.29, 1.82) is 0 Å². The molecule has 0 saturated carbocycles. The molecule has 0 aromatic heterocycles. The van der Waals surface area contributed by atoms with Gasteiger partial charge in [-0.1, -0.05) is 24.6 Å². The number of carbonyl (C=O) groups excluding carboxylic acids is 2. The van der Waals surface area contributed by atoms with E-state index in [1.54, 1.807) is 0 Å². The van der Waals surface area contributed by atoms with Gasteiger partial charge in [-0.15, -0.1) is 0 Å². The van der Waals surface area contributed by atoms with Crippen molar-refractivity contribution in [1.82, 2.24) is 10.6 Å². The minimum absolute atomic E-state index is 0.168. The molecule has 0 spiro atoms. The lowest BCUT2D eigenvalue weighted by atomic mass is 10.0. The number of rotatable bonds is 4. The van der Waals surface area contributed by atoms with Crippen molar-refractivity contribution in [2.45, 2.75) is 25.9 Å². The number of piperazine rings is 1.